The lowest BCUT2D eigenvalue weighted by Gasteiger charge is -2.28. The fourth-order valence-electron chi connectivity index (χ4n) is 2.28. The average molecular weight is 276 g/mol. The summed E-state index contributed by atoms with van der Waals surface area (Å²) in [5, 5.41) is 2.86. The van der Waals surface area contributed by atoms with Gasteiger partial charge in [-0.25, -0.2) is 4.98 Å². The molecule has 5 heteroatoms. The fourth-order valence-corrected chi connectivity index (χ4v) is 2.28. The quantitative estimate of drug-likeness (QED) is 0.872. The maximum absolute atomic E-state index is 11.8. The van der Waals surface area contributed by atoms with E-state index >= 15 is 0 Å². The Morgan fingerprint density at radius 3 is 2.75 bits per heavy atom. The molecule has 1 fully saturated rings. The van der Waals surface area contributed by atoms with E-state index in [0.29, 0.717) is 6.54 Å². The van der Waals surface area contributed by atoms with Gasteiger partial charge in [-0.1, -0.05) is 0 Å². The van der Waals surface area contributed by atoms with Gasteiger partial charge in [-0.2, -0.15) is 0 Å². The van der Waals surface area contributed by atoms with Crippen molar-refractivity contribution in [1.29, 1.82) is 0 Å². The number of hydrogen-bond acceptors (Lipinski definition) is 4. The molecule has 1 aliphatic heterocycles. The highest BCUT2D eigenvalue weighted by atomic mass is 16.2. The number of carbonyl (C=O) groups excluding carboxylic acids is 1. The number of aromatic nitrogens is 1. The minimum Gasteiger partial charge on any atom is -0.357 e. The molecular formula is C15H24N4O. The van der Waals surface area contributed by atoms with Gasteiger partial charge in [-0.05, 0) is 50.8 Å². The number of piperidine rings is 1. The fraction of sp³-hybridized carbons (Fsp3) is 0.600. The number of amides is 1. The van der Waals surface area contributed by atoms with Crippen LogP contribution in [-0.4, -0.2) is 29.5 Å². The Labute approximate surface area is 120 Å². The van der Waals surface area contributed by atoms with Crippen LogP contribution in [0, 0.1) is 0 Å². The Morgan fingerprint density at radius 1 is 1.40 bits per heavy atom. The maximum Gasteiger partial charge on any atom is 0.239 e. The first-order valence-corrected chi connectivity index (χ1v) is 7.24. The molecule has 2 rings (SSSR count). The highest BCUT2D eigenvalue weighted by Crippen LogP contribution is 2.18. The Bertz CT molecular complexity index is 461. The largest absolute Gasteiger partial charge is 0.357 e. The van der Waals surface area contributed by atoms with Gasteiger partial charge in [0, 0.05) is 25.8 Å². The maximum atomic E-state index is 11.8. The summed E-state index contributed by atoms with van der Waals surface area (Å²) in [6.07, 6.45) is 5.56. The number of pyridine rings is 1. The number of nitrogens with one attached hydrogen (secondary N) is 1. The van der Waals surface area contributed by atoms with E-state index in [9.17, 15) is 4.79 Å². The van der Waals surface area contributed by atoms with Gasteiger partial charge in [0.2, 0.25) is 5.91 Å². The second kappa shape index (κ2) is 6.22. The van der Waals surface area contributed by atoms with Crippen LogP contribution in [0.25, 0.3) is 0 Å². The van der Waals surface area contributed by atoms with Crippen molar-refractivity contribution in [2.75, 3.05) is 18.0 Å². The van der Waals surface area contributed by atoms with Crippen LogP contribution in [0.15, 0.2) is 18.3 Å². The van der Waals surface area contributed by atoms with E-state index in [1.54, 1.807) is 20.0 Å². The predicted molar refractivity (Wildman–Crippen MR) is 80.4 cm³/mol. The van der Waals surface area contributed by atoms with Gasteiger partial charge in [0.1, 0.15) is 5.82 Å². The molecule has 1 saturated heterocycles. The zero-order valence-electron chi connectivity index (χ0n) is 12.4. The molecule has 1 amide bonds. The number of carbonyl (C=O) groups is 1. The molecular weight excluding hydrogens is 252 g/mol. The number of rotatable bonds is 4. The molecule has 0 aliphatic carbocycles. The summed E-state index contributed by atoms with van der Waals surface area (Å²) in [7, 11) is 0. The molecule has 0 saturated carbocycles. The predicted octanol–water partition coefficient (Wildman–Crippen LogP) is 1.43. The van der Waals surface area contributed by atoms with Gasteiger partial charge in [0.05, 0.1) is 5.54 Å². The van der Waals surface area contributed by atoms with Crippen LogP contribution < -0.4 is 16.0 Å². The van der Waals surface area contributed by atoms with Crippen molar-refractivity contribution in [2.45, 2.75) is 45.2 Å². The summed E-state index contributed by atoms with van der Waals surface area (Å²) in [4.78, 5) is 18.5. The van der Waals surface area contributed by atoms with Gasteiger partial charge in [0.25, 0.3) is 0 Å². The lowest BCUT2D eigenvalue weighted by Crippen LogP contribution is -2.48. The summed E-state index contributed by atoms with van der Waals surface area (Å²) < 4.78 is 0. The van der Waals surface area contributed by atoms with Gasteiger partial charge in [-0.3, -0.25) is 4.79 Å². The Balaban J connectivity index is 1.97. The van der Waals surface area contributed by atoms with Crippen LogP contribution in [0.5, 0.6) is 0 Å². The number of nitrogens with zero attached hydrogens (tertiary/aromatic N) is 2. The number of nitrogens with two attached hydrogens (primary N) is 1. The van der Waals surface area contributed by atoms with E-state index in [1.807, 2.05) is 6.07 Å². The van der Waals surface area contributed by atoms with Crippen LogP contribution in [0.4, 0.5) is 5.82 Å². The van der Waals surface area contributed by atoms with E-state index in [4.69, 9.17) is 5.73 Å². The Kier molecular flexibility index (Phi) is 4.60. The first-order chi connectivity index (χ1) is 9.47. The van der Waals surface area contributed by atoms with Crippen molar-refractivity contribution in [3.8, 4) is 0 Å². The van der Waals surface area contributed by atoms with E-state index < -0.39 is 5.54 Å². The third kappa shape index (κ3) is 3.93. The third-order valence-electron chi connectivity index (χ3n) is 3.53. The standard InChI is InChI=1S/C15H24N4O/c1-15(2,16)14(20)18-11-12-6-7-17-13(10-12)19-8-4-3-5-9-19/h6-7,10H,3-5,8-9,11,16H2,1-2H3,(H,18,20). The number of anilines is 1. The molecule has 20 heavy (non-hydrogen) atoms. The molecule has 0 radical (unpaired) electrons. The second-order valence-electron chi connectivity index (χ2n) is 5.97. The topological polar surface area (TPSA) is 71.2 Å². The molecule has 0 aromatic carbocycles. The zero-order chi connectivity index (χ0) is 14.6. The smallest absolute Gasteiger partial charge is 0.239 e. The van der Waals surface area contributed by atoms with Crippen molar-refractivity contribution in [1.82, 2.24) is 10.3 Å². The molecule has 0 bridgehead atoms. The van der Waals surface area contributed by atoms with Crippen molar-refractivity contribution in [3.05, 3.63) is 23.9 Å². The molecule has 110 valence electrons. The second-order valence-corrected chi connectivity index (χ2v) is 5.97. The summed E-state index contributed by atoms with van der Waals surface area (Å²) in [6, 6.07) is 3.98. The molecule has 1 aromatic rings. The summed E-state index contributed by atoms with van der Waals surface area (Å²) in [6.45, 7) is 6.03. The van der Waals surface area contributed by atoms with Crippen molar-refractivity contribution < 1.29 is 4.79 Å². The summed E-state index contributed by atoms with van der Waals surface area (Å²) >= 11 is 0. The molecule has 3 N–H and O–H groups in total. The van der Waals surface area contributed by atoms with Crippen molar-refractivity contribution in [2.24, 2.45) is 5.73 Å². The Morgan fingerprint density at radius 2 is 2.10 bits per heavy atom. The van der Waals surface area contributed by atoms with E-state index in [1.165, 1.54) is 19.3 Å². The highest BCUT2D eigenvalue weighted by molar-refractivity contribution is 5.84. The average Bonchev–Trinajstić information content (AvgIpc) is 2.45. The summed E-state index contributed by atoms with van der Waals surface area (Å²) in [5.74, 6) is 0.859. The SMILES string of the molecule is CC(C)(N)C(=O)NCc1ccnc(N2CCCCC2)c1. The number of hydrogen-bond donors (Lipinski definition) is 2. The highest BCUT2D eigenvalue weighted by Gasteiger charge is 2.21. The minimum atomic E-state index is -0.845. The molecule has 0 spiro atoms. The Hall–Kier alpha value is -1.62. The van der Waals surface area contributed by atoms with Gasteiger partial charge < -0.3 is 16.0 Å². The monoisotopic (exact) mass is 276 g/mol. The van der Waals surface area contributed by atoms with E-state index in [2.05, 4.69) is 21.3 Å². The first kappa shape index (κ1) is 14.8. The lowest BCUT2D eigenvalue weighted by molar-refractivity contribution is -0.125. The minimum absolute atomic E-state index is 0.145. The van der Waals surface area contributed by atoms with E-state index in [0.717, 1.165) is 24.5 Å². The van der Waals surface area contributed by atoms with Crippen LogP contribution in [0.2, 0.25) is 0 Å². The summed E-state index contributed by atoms with van der Waals surface area (Å²) in [5.41, 5.74) is 5.97. The molecule has 1 aromatic heterocycles. The normalized spacial score (nSPS) is 16.1. The molecule has 1 aliphatic rings. The van der Waals surface area contributed by atoms with Crippen LogP contribution in [-0.2, 0) is 11.3 Å². The van der Waals surface area contributed by atoms with Crippen LogP contribution >= 0.6 is 0 Å². The van der Waals surface area contributed by atoms with Gasteiger partial charge in [0.15, 0.2) is 0 Å². The van der Waals surface area contributed by atoms with E-state index in [-0.39, 0.29) is 5.91 Å². The van der Waals surface area contributed by atoms with Crippen LogP contribution in [0.3, 0.4) is 0 Å². The van der Waals surface area contributed by atoms with Crippen molar-refractivity contribution in [3.63, 3.8) is 0 Å². The molecule has 2 heterocycles. The third-order valence-corrected chi connectivity index (χ3v) is 3.53. The zero-order valence-corrected chi connectivity index (χ0v) is 12.4. The molecule has 5 nitrogen and oxygen atoms in total. The van der Waals surface area contributed by atoms with Gasteiger partial charge in [-0.15, -0.1) is 0 Å². The van der Waals surface area contributed by atoms with Crippen molar-refractivity contribution >= 4 is 11.7 Å². The first-order valence-electron chi connectivity index (χ1n) is 7.24. The van der Waals surface area contributed by atoms with Crippen LogP contribution in [0.1, 0.15) is 38.7 Å². The lowest BCUT2D eigenvalue weighted by atomic mass is 10.1. The van der Waals surface area contributed by atoms with Gasteiger partial charge >= 0.3 is 0 Å². The molecule has 0 unspecified atom stereocenters. The molecule has 0 atom stereocenters.